The molecule has 154 valence electrons. The maximum atomic E-state index is 13.1. The monoisotopic (exact) mass is 404 g/mol. The second-order valence-corrected chi connectivity index (χ2v) is 7.57. The van der Waals surface area contributed by atoms with E-state index >= 15 is 0 Å². The van der Waals surface area contributed by atoms with Gasteiger partial charge in [-0.15, -0.1) is 10.2 Å². The van der Waals surface area contributed by atoms with Gasteiger partial charge in [-0.1, -0.05) is 30.3 Å². The van der Waals surface area contributed by atoms with E-state index in [1.54, 1.807) is 12.1 Å². The highest BCUT2D eigenvalue weighted by molar-refractivity contribution is 5.79. The number of aromatic nitrogens is 2. The van der Waals surface area contributed by atoms with Gasteiger partial charge in [0.2, 0.25) is 5.91 Å². The Hall–Kier alpha value is -3.28. The van der Waals surface area contributed by atoms with Crippen LogP contribution in [-0.2, 0) is 11.2 Å². The third-order valence-electron chi connectivity index (χ3n) is 5.54. The predicted octanol–water partition coefficient (Wildman–Crippen LogP) is 3.86. The van der Waals surface area contributed by atoms with Gasteiger partial charge in [-0.05, 0) is 61.2 Å². The van der Waals surface area contributed by atoms with Crippen LogP contribution in [0.5, 0.6) is 0 Å². The first-order valence-corrected chi connectivity index (χ1v) is 10.4. The number of hydrogen-bond acceptors (Lipinski definition) is 4. The Morgan fingerprint density at radius 1 is 0.967 bits per heavy atom. The largest absolute Gasteiger partial charge is 0.356 e. The van der Waals surface area contributed by atoms with Crippen LogP contribution >= 0.6 is 0 Å². The molecule has 30 heavy (non-hydrogen) atoms. The van der Waals surface area contributed by atoms with E-state index in [2.05, 4.69) is 32.5 Å². The molecule has 0 bridgehead atoms. The number of nitrogens with zero attached hydrogens (tertiary/aromatic N) is 3. The quantitative estimate of drug-likeness (QED) is 0.678. The number of rotatable bonds is 6. The van der Waals surface area contributed by atoms with Crippen LogP contribution in [0.25, 0.3) is 11.3 Å². The van der Waals surface area contributed by atoms with Crippen molar-refractivity contribution in [2.75, 3.05) is 24.5 Å². The van der Waals surface area contributed by atoms with Gasteiger partial charge in [-0.3, -0.25) is 4.79 Å². The smallest absolute Gasteiger partial charge is 0.223 e. The molecule has 1 aliphatic rings. The van der Waals surface area contributed by atoms with Crippen molar-refractivity contribution in [3.63, 3.8) is 0 Å². The lowest BCUT2D eigenvalue weighted by Crippen LogP contribution is -2.41. The topological polar surface area (TPSA) is 58.1 Å². The van der Waals surface area contributed by atoms with Crippen LogP contribution in [0.2, 0.25) is 0 Å². The van der Waals surface area contributed by atoms with Crippen molar-refractivity contribution < 1.29 is 9.18 Å². The van der Waals surface area contributed by atoms with Gasteiger partial charge in [0, 0.05) is 31.1 Å². The number of anilines is 1. The molecule has 1 amide bonds. The Bertz CT molecular complexity index is 953. The third kappa shape index (κ3) is 5.00. The average molecular weight is 404 g/mol. The van der Waals surface area contributed by atoms with Gasteiger partial charge < -0.3 is 10.2 Å². The van der Waals surface area contributed by atoms with E-state index in [9.17, 15) is 9.18 Å². The summed E-state index contributed by atoms with van der Waals surface area (Å²) in [6.07, 6.45) is 2.46. The van der Waals surface area contributed by atoms with Crippen molar-refractivity contribution in [3.8, 4) is 11.3 Å². The van der Waals surface area contributed by atoms with Crippen LogP contribution in [0.3, 0.4) is 0 Å². The first-order chi connectivity index (χ1) is 14.7. The molecule has 1 aliphatic heterocycles. The number of nitrogens with one attached hydrogen (secondary N) is 1. The zero-order valence-corrected chi connectivity index (χ0v) is 16.8. The van der Waals surface area contributed by atoms with Crippen molar-refractivity contribution in [1.29, 1.82) is 0 Å². The Balaban J connectivity index is 1.25. The third-order valence-corrected chi connectivity index (χ3v) is 5.54. The van der Waals surface area contributed by atoms with E-state index in [1.807, 2.05) is 30.3 Å². The molecule has 1 fully saturated rings. The average Bonchev–Trinajstić information content (AvgIpc) is 2.80. The molecule has 5 nitrogen and oxygen atoms in total. The van der Waals surface area contributed by atoms with E-state index in [0.29, 0.717) is 12.2 Å². The van der Waals surface area contributed by atoms with Crippen molar-refractivity contribution in [3.05, 3.63) is 78.1 Å². The molecule has 0 aliphatic carbocycles. The molecule has 2 heterocycles. The van der Waals surface area contributed by atoms with E-state index in [1.165, 1.54) is 17.7 Å². The summed E-state index contributed by atoms with van der Waals surface area (Å²) >= 11 is 0. The Labute approximate surface area is 176 Å². The van der Waals surface area contributed by atoms with E-state index in [4.69, 9.17) is 0 Å². The fourth-order valence-corrected chi connectivity index (χ4v) is 3.76. The molecule has 0 radical (unpaired) electrons. The molecular weight excluding hydrogens is 379 g/mol. The van der Waals surface area contributed by atoms with Crippen LogP contribution in [0.1, 0.15) is 18.4 Å². The summed E-state index contributed by atoms with van der Waals surface area (Å²) in [4.78, 5) is 14.6. The fourth-order valence-electron chi connectivity index (χ4n) is 3.76. The SMILES string of the molecule is O=C(NCCc1ccccc1)C1CCN(c2ccc(-c3ccc(F)cc3)nn2)CC1. The van der Waals surface area contributed by atoms with Crippen LogP contribution in [0, 0.1) is 11.7 Å². The number of piperidine rings is 1. The summed E-state index contributed by atoms with van der Waals surface area (Å²) in [6.45, 7) is 2.22. The lowest BCUT2D eigenvalue weighted by atomic mass is 9.96. The fraction of sp³-hybridized carbons (Fsp3) is 0.292. The standard InChI is InChI=1S/C24H25FN4O/c25-21-8-6-19(7-9-21)22-10-11-23(28-27-22)29-16-13-20(14-17-29)24(30)26-15-12-18-4-2-1-3-5-18/h1-11,20H,12-17H2,(H,26,30). The van der Waals surface area contributed by atoms with Gasteiger partial charge in [0.1, 0.15) is 5.82 Å². The summed E-state index contributed by atoms with van der Waals surface area (Å²) < 4.78 is 13.1. The molecule has 6 heteroatoms. The molecule has 0 atom stereocenters. The van der Waals surface area contributed by atoms with Crippen molar-refractivity contribution in [2.45, 2.75) is 19.3 Å². The zero-order valence-electron chi connectivity index (χ0n) is 16.8. The minimum Gasteiger partial charge on any atom is -0.356 e. The van der Waals surface area contributed by atoms with Gasteiger partial charge in [0.15, 0.2) is 5.82 Å². The van der Waals surface area contributed by atoms with Crippen molar-refractivity contribution >= 4 is 11.7 Å². The lowest BCUT2D eigenvalue weighted by Gasteiger charge is -2.31. The van der Waals surface area contributed by atoms with E-state index in [0.717, 1.165) is 43.7 Å². The Kier molecular flexibility index (Phi) is 6.32. The van der Waals surface area contributed by atoms with Crippen LogP contribution in [-0.4, -0.2) is 35.7 Å². The van der Waals surface area contributed by atoms with Gasteiger partial charge >= 0.3 is 0 Å². The first-order valence-electron chi connectivity index (χ1n) is 10.4. The summed E-state index contributed by atoms with van der Waals surface area (Å²) in [6, 6.07) is 20.2. The highest BCUT2D eigenvalue weighted by atomic mass is 19.1. The summed E-state index contributed by atoms with van der Waals surface area (Å²) in [7, 11) is 0. The molecule has 1 aromatic heterocycles. The minimum atomic E-state index is -0.268. The number of hydrogen-bond donors (Lipinski definition) is 1. The highest BCUT2D eigenvalue weighted by Gasteiger charge is 2.25. The number of carbonyl (C=O) groups is 1. The van der Waals surface area contributed by atoms with E-state index < -0.39 is 0 Å². The molecular formula is C24H25FN4O. The minimum absolute atomic E-state index is 0.0449. The normalized spacial score (nSPS) is 14.5. The Morgan fingerprint density at radius 3 is 2.37 bits per heavy atom. The maximum absolute atomic E-state index is 13.1. The van der Waals surface area contributed by atoms with Crippen LogP contribution in [0.15, 0.2) is 66.7 Å². The highest BCUT2D eigenvalue weighted by Crippen LogP contribution is 2.23. The summed E-state index contributed by atoms with van der Waals surface area (Å²) in [5, 5.41) is 11.7. The van der Waals surface area contributed by atoms with Gasteiger partial charge in [0.25, 0.3) is 0 Å². The van der Waals surface area contributed by atoms with Crippen LogP contribution in [0.4, 0.5) is 10.2 Å². The Morgan fingerprint density at radius 2 is 1.70 bits per heavy atom. The first kappa shape index (κ1) is 20.0. The predicted molar refractivity (Wildman–Crippen MR) is 116 cm³/mol. The number of halogens is 1. The van der Waals surface area contributed by atoms with Gasteiger partial charge in [-0.25, -0.2) is 4.39 Å². The number of carbonyl (C=O) groups excluding carboxylic acids is 1. The second kappa shape index (κ2) is 9.48. The number of amides is 1. The number of benzene rings is 2. The molecule has 4 rings (SSSR count). The molecule has 2 aromatic carbocycles. The van der Waals surface area contributed by atoms with E-state index in [-0.39, 0.29) is 17.6 Å². The zero-order chi connectivity index (χ0) is 20.8. The van der Waals surface area contributed by atoms with Crippen molar-refractivity contribution in [2.24, 2.45) is 5.92 Å². The molecule has 0 spiro atoms. The van der Waals surface area contributed by atoms with Crippen LogP contribution < -0.4 is 10.2 Å². The molecule has 1 N–H and O–H groups in total. The molecule has 1 saturated heterocycles. The summed E-state index contributed by atoms with van der Waals surface area (Å²) in [5.41, 5.74) is 2.78. The van der Waals surface area contributed by atoms with Gasteiger partial charge in [0.05, 0.1) is 5.69 Å². The lowest BCUT2D eigenvalue weighted by molar-refractivity contribution is -0.125. The van der Waals surface area contributed by atoms with Crippen molar-refractivity contribution in [1.82, 2.24) is 15.5 Å². The second-order valence-electron chi connectivity index (χ2n) is 7.57. The maximum Gasteiger partial charge on any atom is 0.223 e. The molecule has 0 unspecified atom stereocenters. The molecule has 3 aromatic rings. The summed E-state index contributed by atoms with van der Waals surface area (Å²) in [5.74, 6) is 0.728. The molecule has 0 saturated carbocycles. The van der Waals surface area contributed by atoms with Gasteiger partial charge in [-0.2, -0.15) is 0 Å².